The highest BCUT2D eigenvalue weighted by Gasteiger charge is 2.15. The number of ether oxygens (including phenoxy) is 1. The third-order valence-corrected chi connectivity index (χ3v) is 5.48. The smallest absolute Gasteiger partial charge is 0.244 e. The fourth-order valence-corrected chi connectivity index (χ4v) is 3.81. The van der Waals surface area contributed by atoms with Crippen molar-refractivity contribution in [2.45, 2.75) is 27.0 Å². The van der Waals surface area contributed by atoms with Gasteiger partial charge < -0.3 is 14.6 Å². The number of hydrogen-bond donors (Lipinski definition) is 1. The molecule has 31 heavy (non-hydrogen) atoms. The van der Waals surface area contributed by atoms with Crippen molar-refractivity contribution in [3.63, 3.8) is 0 Å². The van der Waals surface area contributed by atoms with Crippen LogP contribution in [-0.4, -0.2) is 15.5 Å². The van der Waals surface area contributed by atoms with Gasteiger partial charge in [-0.2, -0.15) is 0 Å². The molecule has 7 heteroatoms. The van der Waals surface area contributed by atoms with Crippen LogP contribution in [0, 0.1) is 13.8 Å². The first kappa shape index (κ1) is 21.2. The van der Waals surface area contributed by atoms with E-state index >= 15 is 0 Å². The molecule has 0 fully saturated rings. The second kappa shape index (κ2) is 9.00. The molecular weight excluding hydrogens is 433 g/mol. The van der Waals surface area contributed by atoms with Crippen molar-refractivity contribution in [1.29, 1.82) is 0 Å². The maximum absolute atomic E-state index is 12.9. The molecule has 1 aromatic heterocycles. The zero-order valence-corrected chi connectivity index (χ0v) is 18.7. The Bertz CT molecular complexity index is 1270. The minimum absolute atomic E-state index is 0.112. The molecule has 1 N–H and O–H groups in total. The molecule has 0 saturated carbocycles. The monoisotopic (exact) mass is 453 g/mol. The normalized spacial score (nSPS) is 11.0. The number of hydrogen-bond acceptors (Lipinski definition) is 3. The van der Waals surface area contributed by atoms with Gasteiger partial charge in [-0.05, 0) is 61.4 Å². The van der Waals surface area contributed by atoms with Crippen molar-refractivity contribution in [2.24, 2.45) is 0 Å². The van der Waals surface area contributed by atoms with Crippen molar-refractivity contribution in [2.75, 3.05) is 5.32 Å². The van der Waals surface area contributed by atoms with E-state index in [0.29, 0.717) is 21.6 Å². The number of imidazole rings is 1. The predicted octanol–water partition coefficient (Wildman–Crippen LogP) is 6.18. The summed E-state index contributed by atoms with van der Waals surface area (Å²) in [7, 11) is 0. The Labute approximate surface area is 190 Å². The van der Waals surface area contributed by atoms with Gasteiger partial charge in [0.15, 0.2) is 0 Å². The molecule has 0 saturated heterocycles. The number of carbonyl (C=O) groups excluding carboxylic acids is 1. The van der Waals surface area contributed by atoms with Crippen molar-refractivity contribution in [3.8, 4) is 5.75 Å². The molecule has 5 nitrogen and oxygen atoms in total. The number of carbonyl (C=O) groups is 1. The van der Waals surface area contributed by atoms with Crippen molar-refractivity contribution in [3.05, 3.63) is 87.7 Å². The number of amides is 1. The molecule has 0 bridgehead atoms. The van der Waals surface area contributed by atoms with E-state index in [-0.39, 0.29) is 19.1 Å². The van der Waals surface area contributed by atoms with Crippen LogP contribution in [0.25, 0.3) is 11.0 Å². The first-order valence-electron chi connectivity index (χ1n) is 9.80. The number of rotatable bonds is 6. The lowest BCUT2D eigenvalue weighted by molar-refractivity contribution is -0.116. The number of nitrogens with zero attached hydrogens (tertiary/aromatic N) is 2. The molecule has 0 aliphatic rings. The van der Waals surface area contributed by atoms with E-state index in [1.54, 1.807) is 18.2 Å². The minimum atomic E-state index is -0.136. The molecular formula is C24H21Cl2N3O2. The van der Waals surface area contributed by atoms with Crippen molar-refractivity contribution in [1.82, 2.24) is 9.55 Å². The lowest BCUT2D eigenvalue weighted by atomic mass is 10.1. The zero-order valence-electron chi connectivity index (χ0n) is 17.2. The fourth-order valence-electron chi connectivity index (χ4n) is 3.35. The third kappa shape index (κ3) is 4.84. The molecule has 0 unspecified atom stereocenters. The van der Waals surface area contributed by atoms with Crippen LogP contribution < -0.4 is 10.1 Å². The number of fused-ring (bicyclic) bond motifs is 1. The van der Waals surface area contributed by atoms with Crippen LogP contribution in [0.15, 0.2) is 60.7 Å². The minimum Gasteiger partial charge on any atom is -0.484 e. The molecule has 0 atom stereocenters. The highest BCUT2D eigenvalue weighted by atomic mass is 35.5. The Morgan fingerprint density at radius 3 is 2.68 bits per heavy atom. The zero-order chi connectivity index (χ0) is 22.0. The van der Waals surface area contributed by atoms with Crippen LogP contribution in [0.4, 0.5) is 5.69 Å². The Morgan fingerprint density at radius 2 is 1.87 bits per heavy atom. The average Bonchev–Trinajstić information content (AvgIpc) is 3.07. The second-order valence-corrected chi connectivity index (χ2v) is 8.18. The molecule has 4 rings (SSSR count). The number of nitrogens with one attached hydrogen (secondary N) is 1. The maximum atomic E-state index is 12.9. The molecule has 3 aromatic carbocycles. The van der Waals surface area contributed by atoms with Crippen LogP contribution in [0.3, 0.4) is 0 Å². The summed E-state index contributed by atoms with van der Waals surface area (Å²) < 4.78 is 7.74. The second-order valence-electron chi connectivity index (χ2n) is 7.33. The standard InChI is InChI=1S/C24H21Cl2N3O2/c1-15-7-8-16(2)20(11-15)28-24(30)13-29-21-6-4-3-5-19(21)27-23(29)14-31-22-10-9-17(25)12-18(22)26/h3-12H,13-14H2,1-2H3,(H,28,30). The van der Waals surface area contributed by atoms with E-state index in [1.807, 2.05) is 60.9 Å². The van der Waals surface area contributed by atoms with E-state index in [1.165, 1.54) is 0 Å². The maximum Gasteiger partial charge on any atom is 0.244 e. The van der Waals surface area contributed by atoms with Crippen LogP contribution >= 0.6 is 23.2 Å². The SMILES string of the molecule is Cc1ccc(C)c(NC(=O)Cn2c(COc3ccc(Cl)cc3Cl)nc3ccccc32)c1. The molecule has 0 spiro atoms. The van der Waals surface area contributed by atoms with Crippen LogP contribution in [0.2, 0.25) is 10.0 Å². The van der Waals surface area contributed by atoms with E-state index < -0.39 is 0 Å². The Hall–Kier alpha value is -3.02. The van der Waals surface area contributed by atoms with Gasteiger partial charge in [0.1, 0.15) is 24.7 Å². The van der Waals surface area contributed by atoms with Gasteiger partial charge >= 0.3 is 0 Å². The Kier molecular flexibility index (Phi) is 6.16. The Morgan fingerprint density at radius 1 is 1.06 bits per heavy atom. The molecule has 158 valence electrons. The summed E-state index contributed by atoms with van der Waals surface area (Å²) in [5.74, 6) is 0.996. The van der Waals surface area contributed by atoms with E-state index in [9.17, 15) is 4.79 Å². The van der Waals surface area contributed by atoms with Gasteiger partial charge in [-0.15, -0.1) is 0 Å². The van der Waals surface area contributed by atoms with Gasteiger partial charge in [0.2, 0.25) is 5.91 Å². The van der Waals surface area contributed by atoms with E-state index in [2.05, 4.69) is 10.3 Å². The van der Waals surface area contributed by atoms with Crippen LogP contribution in [-0.2, 0) is 17.9 Å². The summed E-state index contributed by atoms with van der Waals surface area (Å²) in [6.07, 6.45) is 0. The average molecular weight is 454 g/mol. The molecule has 0 aliphatic carbocycles. The van der Waals surface area contributed by atoms with E-state index in [4.69, 9.17) is 27.9 Å². The summed E-state index contributed by atoms with van der Waals surface area (Å²) in [6.45, 7) is 4.24. The summed E-state index contributed by atoms with van der Waals surface area (Å²) in [6, 6.07) is 18.7. The van der Waals surface area contributed by atoms with Gasteiger partial charge in [0, 0.05) is 10.7 Å². The first-order valence-corrected chi connectivity index (χ1v) is 10.6. The van der Waals surface area contributed by atoms with E-state index in [0.717, 1.165) is 27.8 Å². The van der Waals surface area contributed by atoms with Gasteiger partial charge in [-0.1, -0.05) is 47.5 Å². The number of anilines is 1. The highest BCUT2D eigenvalue weighted by molar-refractivity contribution is 6.35. The quantitative estimate of drug-likeness (QED) is 0.379. The molecule has 0 aliphatic heterocycles. The number of benzene rings is 3. The van der Waals surface area contributed by atoms with Crippen molar-refractivity contribution < 1.29 is 9.53 Å². The Balaban J connectivity index is 1.58. The molecule has 1 heterocycles. The lowest BCUT2D eigenvalue weighted by Crippen LogP contribution is -2.21. The molecule has 0 radical (unpaired) electrons. The predicted molar refractivity (Wildman–Crippen MR) is 125 cm³/mol. The van der Waals surface area contributed by atoms with Crippen LogP contribution in [0.1, 0.15) is 17.0 Å². The van der Waals surface area contributed by atoms with Gasteiger partial charge in [0.25, 0.3) is 0 Å². The third-order valence-electron chi connectivity index (χ3n) is 4.95. The summed E-state index contributed by atoms with van der Waals surface area (Å²) in [5, 5.41) is 3.96. The highest BCUT2D eigenvalue weighted by Crippen LogP contribution is 2.28. The fraction of sp³-hybridized carbons (Fsp3) is 0.167. The van der Waals surface area contributed by atoms with Crippen molar-refractivity contribution >= 4 is 45.8 Å². The number of para-hydroxylation sites is 2. The summed E-state index contributed by atoms with van der Waals surface area (Å²) in [4.78, 5) is 17.5. The first-order chi connectivity index (χ1) is 14.9. The van der Waals surface area contributed by atoms with Gasteiger partial charge in [0.05, 0.1) is 16.1 Å². The van der Waals surface area contributed by atoms with Crippen LogP contribution in [0.5, 0.6) is 5.75 Å². The summed E-state index contributed by atoms with van der Waals surface area (Å²) >= 11 is 12.2. The lowest BCUT2D eigenvalue weighted by Gasteiger charge is -2.13. The number of halogens is 2. The van der Waals surface area contributed by atoms with Gasteiger partial charge in [-0.25, -0.2) is 4.98 Å². The largest absolute Gasteiger partial charge is 0.484 e. The number of aromatic nitrogens is 2. The molecule has 1 amide bonds. The molecule has 4 aromatic rings. The van der Waals surface area contributed by atoms with Gasteiger partial charge in [-0.3, -0.25) is 4.79 Å². The topological polar surface area (TPSA) is 56.2 Å². The summed E-state index contributed by atoms with van der Waals surface area (Å²) in [5.41, 5.74) is 4.56. The number of aryl methyl sites for hydroxylation is 2.